The summed E-state index contributed by atoms with van der Waals surface area (Å²) >= 11 is 0. The number of hydrogen-bond donors (Lipinski definition) is 1. The first-order valence-corrected chi connectivity index (χ1v) is 12.7. The summed E-state index contributed by atoms with van der Waals surface area (Å²) in [5, 5.41) is 7.31. The van der Waals surface area contributed by atoms with Crippen LogP contribution in [-0.2, 0) is 32.8 Å². The molecule has 2 aliphatic rings. The summed E-state index contributed by atoms with van der Waals surface area (Å²) in [6.07, 6.45) is 3.54. The molecule has 2 fully saturated rings. The van der Waals surface area contributed by atoms with E-state index in [1.54, 1.807) is 11.9 Å². The molecule has 1 saturated heterocycles. The second kappa shape index (κ2) is 9.72. The van der Waals surface area contributed by atoms with Crippen molar-refractivity contribution in [2.24, 2.45) is 0 Å². The number of H-pyrrole nitrogens is 1. The lowest BCUT2D eigenvalue weighted by Gasteiger charge is -2.29. The molecule has 186 valence electrons. The number of nitrogens with zero attached hydrogens (tertiary/aromatic N) is 3. The zero-order valence-corrected chi connectivity index (χ0v) is 20.9. The zero-order chi connectivity index (χ0) is 25.3. The molecule has 1 N–H and O–H groups in total. The van der Waals surface area contributed by atoms with Crippen LogP contribution in [0.25, 0.3) is 11.1 Å². The van der Waals surface area contributed by atoms with Gasteiger partial charge in [0.2, 0.25) is 17.7 Å². The van der Waals surface area contributed by atoms with E-state index in [1.807, 2.05) is 60.7 Å². The number of carbonyl (C=O) groups excluding carboxylic acids is 3. The third-order valence-electron chi connectivity index (χ3n) is 7.28. The SMILES string of the molecule is CCCc1cc(CN(C)C(=O)CC2(c3ccc(-c4ccccc4)cc3)CC(=O)N(C3CC3)C2=O)[nH]n1. The number of benzene rings is 2. The minimum atomic E-state index is -1.18. The number of carbonyl (C=O) groups is 3. The van der Waals surface area contributed by atoms with Crippen molar-refractivity contribution in [3.8, 4) is 11.1 Å². The van der Waals surface area contributed by atoms with Crippen molar-refractivity contribution in [3.05, 3.63) is 77.6 Å². The molecule has 2 heterocycles. The van der Waals surface area contributed by atoms with Gasteiger partial charge in [-0.15, -0.1) is 0 Å². The highest BCUT2D eigenvalue weighted by atomic mass is 16.2. The molecule has 0 bridgehead atoms. The predicted molar refractivity (Wildman–Crippen MR) is 137 cm³/mol. The van der Waals surface area contributed by atoms with Gasteiger partial charge in [0.05, 0.1) is 23.3 Å². The van der Waals surface area contributed by atoms with Crippen LogP contribution in [0.4, 0.5) is 0 Å². The highest BCUT2D eigenvalue weighted by Crippen LogP contribution is 2.44. The quantitative estimate of drug-likeness (QED) is 0.461. The lowest BCUT2D eigenvalue weighted by Crippen LogP contribution is -2.43. The molecule has 7 heteroatoms. The highest BCUT2D eigenvalue weighted by molar-refractivity contribution is 6.11. The van der Waals surface area contributed by atoms with Crippen molar-refractivity contribution >= 4 is 17.7 Å². The van der Waals surface area contributed by atoms with E-state index in [2.05, 4.69) is 17.1 Å². The van der Waals surface area contributed by atoms with E-state index in [1.165, 1.54) is 4.90 Å². The fraction of sp³-hybridized carbons (Fsp3) is 0.379. The van der Waals surface area contributed by atoms with Gasteiger partial charge in [0.15, 0.2) is 0 Å². The van der Waals surface area contributed by atoms with Crippen molar-refractivity contribution in [1.82, 2.24) is 20.0 Å². The predicted octanol–water partition coefficient (Wildman–Crippen LogP) is 4.24. The second-order valence-electron chi connectivity index (χ2n) is 10.1. The van der Waals surface area contributed by atoms with Crippen LogP contribution in [0.2, 0.25) is 0 Å². The van der Waals surface area contributed by atoms with Crippen LogP contribution in [0.15, 0.2) is 60.7 Å². The molecule has 2 aromatic carbocycles. The highest BCUT2D eigenvalue weighted by Gasteiger charge is 2.57. The summed E-state index contributed by atoms with van der Waals surface area (Å²) in [6, 6.07) is 19.7. The van der Waals surface area contributed by atoms with Crippen LogP contribution in [0.5, 0.6) is 0 Å². The first-order chi connectivity index (χ1) is 17.4. The number of aromatic amines is 1. The summed E-state index contributed by atoms with van der Waals surface area (Å²) in [5.41, 5.74) is 3.46. The number of aromatic nitrogens is 2. The molecule has 3 aromatic rings. The van der Waals surface area contributed by atoms with Crippen LogP contribution in [-0.4, -0.2) is 50.8 Å². The molecule has 1 aliphatic carbocycles. The molecule has 1 atom stereocenters. The van der Waals surface area contributed by atoms with Gasteiger partial charge in [-0.05, 0) is 42.0 Å². The largest absolute Gasteiger partial charge is 0.340 e. The van der Waals surface area contributed by atoms with Gasteiger partial charge in [-0.1, -0.05) is 67.9 Å². The van der Waals surface area contributed by atoms with Gasteiger partial charge in [0, 0.05) is 25.9 Å². The van der Waals surface area contributed by atoms with Gasteiger partial charge in [0.25, 0.3) is 0 Å². The van der Waals surface area contributed by atoms with Crippen molar-refractivity contribution in [2.45, 2.75) is 63.5 Å². The normalized spacial score (nSPS) is 19.7. The minimum Gasteiger partial charge on any atom is -0.340 e. The molecular formula is C29H32N4O3. The Balaban J connectivity index is 1.41. The van der Waals surface area contributed by atoms with Crippen LogP contribution in [0, 0.1) is 0 Å². The van der Waals surface area contributed by atoms with Gasteiger partial charge in [0.1, 0.15) is 0 Å². The number of hydrogen-bond acceptors (Lipinski definition) is 4. The summed E-state index contributed by atoms with van der Waals surface area (Å²) in [7, 11) is 1.73. The maximum Gasteiger partial charge on any atom is 0.241 e. The lowest BCUT2D eigenvalue weighted by atomic mass is 9.75. The molecule has 1 saturated carbocycles. The van der Waals surface area contributed by atoms with Gasteiger partial charge in [-0.25, -0.2) is 0 Å². The van der Waals surface area contributed by atoms with Gasteiger partial charge in [-0.2, -0.15) is 5.10 Å². The molecule has 0 spiro atoms. The molecule has 5 rings (SSSR count). The van der Waals surface area contributed by atoms with E-state index in [9.17, 15) is 14.4 Å². The number of amides is 3. The smallest absolute Gasteiger partial charge is 0.241 e. The second-order valence-corrected chi connectivity index (χ2v) is 10.1. The third-order valence-corrected chi connectivity index (χ3v) is 7.28. The van der Waals surface area contributed by atoms with E-state index >= 15 is 0 Å². The maximum absolute atomic E-state index is 13.8. The van der Waals surface area contributed by atoms with Gasteiger partial charge in [-0.3, -0.25) is 24.4 Å². The Morgan fingerprint density at radius 3 is 2.44 bits per heavy atom. The summed E-state index contributed by atoms with van der Waals surface area (Å²) in [5.74, 6) is -0.591. The number of likely N-dealkylation sites (tertiary alicyclic amines) is 1. The van der Waals surface area contributed by atoms with Crippen molar-refractivity contribution in [3.63, 3.8) is 0 Å². The Bertz CT molecular complexity index is 1260. The molecule has 7 nitrogen and oxygen atoms in total. The standard InChI is InChI=1S/C29H32N4O3/c1-3-7-23-16-24(31-30-23)19-32(2)26(34)17-29(18-27(35)33(28(29)36)25-14-15-25)22-12-10-21(11-13-22)20-8-5-4-6-9-20/h4-6,8-13,16,25H,3,7,14-15,17-19H2,1-2H3,(H,30,31). The molecule has 1 unspecified atom stereocenters. The van der Waals surface area contributed by atoms with Crippen LogP contribution in [0.3, 0.4) is 0 Å². The Labute approximate surface area is 211 Å². The molecule has 0 radical (unpaired) electrons. The summed E-state index contributed by atoms with van der Waals surface area (Å²) in [4.78, 5) is 43.3. The summed E-state index contributed by atoms with van der Waals surface area (Å²) < 4.78 is 0. The van der Waals surface area contributed by atoms with E-state index in [-0.39, 0.29) is 36.6 Å². The fourth-order valence-electron chi connectivity index (χ4n) is 5.15. The van der Waals surface area contributed by atoms with Crippen LogP contribution < -0.4 is 0 Å². The Hall–Kier alpha value is -3.74. The third kappa shape index (κ3) is 4.57. The topological polar surface area (TPSA) is 86.4 Å². The lowest BCUT2D eigenvalue weighted by molar-refractivity contribution is -0.143. The molecule has 1 aliphatic heterocycles. The minimum absolute atomic E-state index is 0.0229. The van der Waals surface area contributed by atoms with Crippen molar-refractivity contribution < 1.29 is 14.4 Å². The van der Waals surface area contributed by atoms with Crippen molar-refractivity contribution in [1.29, 1.82) is 0 Å². The fourth-order valence-corrected chi connectivity index (χ4v) is 5.15. The Morgan fingerprint density at radius 1 is 1.08 bits per heavy atom. The maximum atomic E-state index is 13.8. The Kier molecular flexibility index (Phi) is 6.48. The van der Waals surface area contributed by atoms with E-state index in [0.29, 0.717) is 6.54 Å². The van der Waals surface area contributed by atoms with E-state index in [4.69, 9.17) is 0 Å². The van der Waals surface area contributed by atoms with Gasteiger partial charge < -0.3 is 4.90 Å². The Morgan fingerprint density at radius 2 is 1.78 bits per heavy atom. The first-order valence-electron chi connectivity index (χ1n) is 12.7. The molecule has 1 aromatic heterocycles. The van der Waals surface area contributed by atoms with Gasteiger partial charge >= 0.3 is 0 Å². The molecule has 36 heavy (non-hydrogen) atoms. The van der Waals surface area contributed by atoms with E-state index in [0.717, 1.165) is 53.8 Å². The average Bonchev–Trinajstić information content (AvgIpc) is 3.56. The zero-order valence-electron chi connectivity index (χ0n) is 20.9. The van der Waals surface area contributed by atoms with Crippen molar-refractivity contribution in [2.75, 3.05) is 7.05 Å². The molecule has 3 amide bonds. The molecular weight excluding hydrogens is 452 g/mol. The van der Waals surface area contributed by atoms with Crippen LogP contribution in [0.1, 0.15) is 56.0 Å². The first kappa shape index (κ1) is 24.0. The number of nitrogens with one attached hydrogen (secondary N) is 1. The van der Waals surface area contributed by atoms with Crippen LogP contribution >= 0.6 is 0 Å². The monoisotopic (exact) mass is 484 g/mol. The number of imide groups is 1. The number of aryl methyl sites for hydroxylation is 1. The average molecular weight is 485 g/mol. The summed E-state index contributed by atoms with van der Waals surface area (Å²) in [6.45, 7) is 2.47. The number of rotatable bonds is 9. The van der Waals surface area contributed by atoms with E-state index < -0.39 is 5.41 Å².